The summed E-state index contributed by atoms with van der Waals surface area (Å²) < 4.78 is 72.3. The van der Waals surface area contributed by atoms with Crippen LogP contribution < -0.4 is 14.4 Å². The molecule has 0 bridgehead atoms. The summed E-state index contributed by atoms with van der Waals surface area (Å²) in [7, 11) is -6.17. The van der Waals surface area contributed by atoms with Gasteiger partial charge >= 0.3 is 0 Å². The second-order valence-corrected chi connectivity index (χ2v) is 12.1. The Morgan fingerprint density at radius 2 is 1.77 bits per heavy atom. The molecule has 3 rings (SSSR count). The van der Waals surface area contributed by atoms with Crippen molar-refractivity contribution in [2.75, 3.05) is 42.6 Å². The van der Waals surface area contributed by atoms with E-state index < -0.39 is 31.8 Å². The number of piperidine rings is 1. The largest absolute Gasteiger partial charge is 0.495 e. The molecule has 0 radical (unpaired) electrons. The van der Waals surface area contributed by atoms with Crippen molar-refractivity contribution in [3.63, 3.8) is 0 Å². The number of rotatable bonds is 10. The van der Waals surface area contributed by atoms with Crippen molar-refractivity contribution in [3.05, 3.63) is 48.3 Å². The second-order valence-electron chi connectivity index (χ2n) is 8.27. The van der Waals surface area contributed by atoms with Gasteiger partial charge in [-0.25, -0.2) is 21.2 Å². The zero-order chi connectivity index (χ0) is 25.6. The average Bonchev–Trinajstić information content (AvgIpc) is 2.82. The van der Waals surface area contributed by atoms with Crippen LogP contribution in [0.3, 0.4) is 0 Å². The highest BCUT2D eigenvalue weighted by atomic mass is 32.2. The molecule has 1 amide bonds. The summed E-state index contributed by atoms with van der Waals surface area (Å²) in [4.78, 5) is 12.5. The van der Waals surface area contributed by atoms with E-state index in [-0.39, 0.29) is 41.4 Å². The number of carbonyl (C=O) groups excluding carboxylic acids is 1. The van der Waals surface area contributed by atoms with E-state index in [0.717, 1.165) is 29.8 Å². The maximum absolute atomic E-state index is 14.1. The number of amides is 1. The minimum absolute atomic E-state index is 0.0255. The number of hydrogen-bond donors (Lipinski definition) is 1. The van der Waals surface area contributed by atoms with Crippen molar-refractivity contribution >= 4 is 37.3 Å². The Bertz CT molecular complexity index is 1260. The maximum atomic E-state index is 14.1. The van der Waals surface area contributed by atoms with Crippen LogP contribution in [0.25, 0.3) is 0 Å². The van der Waals surface area contributed by atoms with E-state index in [4.69, 9.17) is 4.74 Å². The van der Waals surface area contributed by atoms with Crippen LogP contribution in [-0.2, 0) is 24.8 Å². The summed E-state index contributed by atoms with van der Waals surface area (Å²) >= 11 is 0. The summed E-state index contributed by atoms with van der Waals surface area (Å²) in [5.41, 5.74) is 0.193. The molecule has 2 aromatic rings. The summed E-state index contributed by atoms with van der Waals surface area (Å²) in [5.74, 6) is -0.927. The van der Waals surface area contributed by atoms with Crippen molar-refractivity contribution in [1.29, 1.82) is 0 Å². The molecule has 0 spiro atoms. The topological polar surface area (TPSA) is 113 Å². The van der Waals surface area contributed by atoms with E-state index in [0.29, 0.717) is 13.1 Å². The van der Waals surface area contributed by atoms with E-state index in [1.165, 1.54) is 53.9 Å². The third-order valence-electron chi connectivity index (χ3n) is 5.67. The summed E-state index contributed by atoms with van der Waals surface area (Å²) in [6, 6.07) is 9.90. The maximum Gasteiger partial charge on any atom is 0.246 e. The van der Waals surface area contributed by atoms with Gasteiger partial charge in [-0.1, -0.05) is 18.6 Å². The van der Waals surface area contributed by atoms with E-state index >= 15 is 0 Å². The van der Waals surface area contributed by atoms with Gasteiger partial charge in [-0.3, -0.25) is 9.10 Å². The second kappa shape index (κ2) is 11.4. The molecule has 0 unspecified atom stereocenters. The predicted molar refractivity (Wildman–Crippen MR) is 132 cm³/mol. The Hall–Kier alpha value is -2.70. The monoisotopic (exact) mass is 527 g/mol. The molecule has 35 heavy (non-hydrogen) atoms. The lowest BCUT2D eigenvalue weighted by Gasteiger charge is -2.26. The number of nitrogens with one attached hydrogen (secondary N) is 1. The van der Waals surface area contributed by atoms with Gasteiger partial charge in [0.2, 0.25) is 26.0 Å². The van der Waals surface area contributed by atoms with Gasteiger partial charge in [0.05, 0.1) is 19.1 Å². The van der Waals surface area contributed by atoms with Gasteiger partial charge in [0, 0.05) is 31.7 Å². The zero-order valence-electron chi connectivity index (χ0n) is 19.7. The van der Waals surface area contributed by atoms with Crippen LogP contribution in [0.15, 0.2) is 47.4 Å². The number of para-hydroxylation sites is 1. The van der Waals surface area contributed by atoms with Crippen LogP contribution in [0.5, 0.6) is 5.75 Å². The number of hydrogen-bond acceptors (Lipinski definition) is 6. The fourth-order valence-corrected chi connectivity index (χ4v) is 6.59. The zero-order valence-corrected chi connectivity index (χ0v) is 21.4. The predicted octanol–water partition coefficient (Wildman–Crippen LogP) is 3.19. The Balaban J connectivity index is 1.69. The molecule has 1 saturated heterocycles. The fourth-order valence-electron chi connectivity index (χ4n) is 3.93. The SMILES string of the molecule is COc1ccc(NC(=O)CCCN(c2ccccc2F)S(C)(=O)=O)cc1S(=O)(=O)N1CCCCC1. The first-order chi connectivity index (χ1) is 16.5. The van der Waals surface area contributed by atoms with Gasteiger partial charge < -0.3 is 10.1 Å². The molecular formula is C23H30FN3O6S2. The minimum Gasteiger partial charge on any atom is -0.495 e. The average molecular weight is 528 g/mol. The highest BCUT2D eigenvalue weighted by molar-refractivity contribution is 7.92. The normalized spacial score (nSPS) is 14.9. The minimum atomic E-state index is -3.79. The summed E-state index contributed by atoms with van der Waals surface area (Å²) in [6.07, 6.45) is 3.60. The number of carbonyl (C=O) groups is 1. The molecule has 0 aromatic heterocycles. The lowest BCUT2D eigenvalue weighted by atomic mass is 10.2. The van der Waals surface area contributed by atoms with Crippen LogP contribution in [0.2, 0.25) is 0 Å². The molecule has 0 atom stereocenters. The van der Waals surface area contributed by atoms with Crippen molar-refractivity contribution in [3.8, 4) is 5.75 Å². The summed E-state index contributed by atoms with van der Waals surface area (Å²) in [5, 5.41) is 2.65. The molecule has 1 N–H and O–H groups in total. The molecule has 9 nitrogen and oxygen atoms in total. The molecule has 1 heterocycles. The van der Waals surface area contributed by atoms with Gasteiger partial charge in [-0.15, -0.1) is 0 Å². The van der Waals surface area contributed by atoms with E-state index in [9.17, 15) is 26.0 Å². The number of halogens is 1. The number of ether oxygens (including phenoxy) is 1. The standard InChI is InChI=1S/C23H30FN3O6S2/c1-33-21-13-12-18(17-22(21)35(31,32)26-14-6-3-7-15-26)25-23(28)11-8-16-27(34(2,29)30)20-10-5-4-9-19(20)24/h4-5,9-10,12-13,17H,3,6-8,11,14-16H2,1-2H3,(H,25,28). The molecule has 12 heteroatoms. The van der Waals surface area contributed by atoms with Gasteiger partial charge in [0.25, 0.3) is 0 Å². The molecule has 0 saturated carbocycles. The highest BCUT2D eigenvalue weighted by Crippen LogP contribution is 2.31. The van der Waals surface area contributed by atoms with Crippen molar-refractivity contribution < 1.29 is 30.8 Å². The number of sulfonamides is 2. The van der Waals surface area contributed by atoms with Crippen LogP contribution in [0.1, 0.15) is 32.1 Å². The quantitative estimate of drug-likeness (QED) is 0.508. The Morgan fingerprint density at radius 1 is 1.09 bits per heavy atom. The van der Waals surface area contributed by atoms with Crippen LogP contribution >= 0.6 is 0 Å². The molecule has 0 aliphatic carbocycles. The molecule has 192 valence electrons. The van der Waals surface area contributed by atoms with E-state index in [1.54, 1.807) is 0 Å². The first-order valence-electron chi connectivity index (χ1n) is 11.2. The van der Waals surface area contributed by atoms with Crippen LogP contribution in [0.4, 0.5) is 15.8 Å². The first kappa shape index (κ1) is 26.9. The third-order valence-corrected chi connectivity index (χ3v) is 8.77. The number of anilines is 2. The van der Waals surface area contributed by atoms with Crippen molar-refractivity contribution in [1.82, 2.24) is 4.31 Å². The molecular weight excluding hydrogens is 497 g/mol. The van der Waals surface area contributed by atoms with Crippen molar-refractivity contribution in [2.24, 2.45) is 0 Å². The lowest BCUT2D eigenvalue weighted by molar-refractivity contribution is -0.116. The lowest BCUT2D eigenvalue weighted by Crippen LogP contribution is -2.35. The number of benzene rings is 2. The van der Waals surface area contributed by atoms with E-state index in [2.05, 4.69) is 5.32 Å². The molecule has 2 aromatic carbocycles. The number of methoxy groups -OCH3 is 1. The molecule has 1 aliphatic rings. The Morgan fingerprint density at radius 3 is 2.40 bits per heavy atom. The molecule has 1 fully saturated rings. The highest BCUT2D eigenvalue weighted by Gasteiger charge is 2.29. The van der Waals surface area contributed by atoms with Gasteiger partial charge in [0.1, 0.15) is 16.5 Å². The number of nitrogens with zero attached hydrogens (tertiary/aromatic N) is 2. The Kier molecular flexibility index (Phi) is 8.73. The smallest absolute Gasteiger partial charge is 0.246 e. The third kappa shape index (κ3) is 6.71. The summed E-state index contributed by atoms with van der Waals surface area (Å²) in [6.45, 7) is 0.770. The van der Waals surface area contributed by atoms with Gasteiger partial charge in [-0.05, 0) is 49.6 Å². The van der Waals surface area contributed by atoms with Gasteiger partial charge in [-0.2, -0.15) is 4.31 Å². The van der Waals surface area contributed by atoms with Crippen LogP contribution in [-0.4, -0.2) is 60.0 Å². The first-order valence-corrected chi connectivity index (χ1v) is 14.5. The fraction of sp³-hybridized carbons (Fsp3) is 0.435. The Labute approximate surface area is 206 Å². The molecule has 1 aliphatic heterocycles. The van der Waals surface area contributed by atoms with E-state index in [1.807, 2.05) is 0 Å². The van der Waals surface area contributed by atoms with Crippen molar-refractivity contribution in [2.45, 2.75) is 37.0 Å². The van der Waals surface area contributed by atoms with Crippen LogP contribution in [0, 0.1) is 5.82 Å². The van der Waals surface area contributed by atoms with Gasteiger partial charge in [0.15, 0.2) is 0 Å².